The highest BCUT2D eigenvalue weighted by atomic mass is 16.5. The third kappa shape index (κ3) is 7.44. The highest BCUT2D eigenvalue weighted by Gasteiger charge is 2.34. The number of ether oxygens (including phenoxy) is 3. The summed E-state index contributed by atoms with van der Waals surface area (Å²) in [7, 11) is 4.66. The number of methoxy groups -OCH3 is 3. The Hall–Kier alpha value is -4.46. The molecular formula is C37H45N3O5. The van der Waals surface area contributed by atoms with Gasteiger partial charge in [-0.2, -0.15) is 0 Å². The lowest BCUT2D eigenvalue weighted by Gasteiger charge is -2.34. The fourth-order valence-corrected chi connectivity index (χ4v) is 6.51. The minimum absolute atomic E-state index is 0.0790. The first kappa shape index (κ1) is 31.9. The summed E-state index contributed by atoms with van der Waals surface area (Å²) in [6.07, 6.45) is 8.61. The molecule has 8 heteroatoms. The van der Waals surface area contributed by atoms with Crippen LogP contribution in [-0.4, -0.2) is 55.6 Å². The van der Waals surface area contributed by atoms with Crippen molar-refractivity contribution in [3.8, 4) is 17.2 Å². The van der Waals surface area contributed by atoms with Crippen molar-refractivity contribution < 1.29 is 23.8 Å². The van der Waals surface area contributed by atoms with E-state index in [0.29, 0.717) is 42.2 Å². The zero-order valence-corrected chi connectivity index (χ0v) is 26.9. The Balaban J connectivity index is 1.53. The van der Waals surface area contributed by atoms with Crippen LogP contribution in [0, 0.1) is 6.92 Å². The van der Waals surface area contributed by atoms with Crippen LogP contribution in [0.3, 0.4) is 0 Å². The number of aromatic nitrogens is 1. The first-order valence-corrected chi connectivity index (χ1v) is 15.9. The van der Waals surface area contributed by atoms with Crippen LogP contribution in [0.4, 0.5) is 0 Å². The molecule has 4 aromatic rings. The van der Waals surface area contributed by atoms with E-state index in [-0.39, 0.29) is 24.3 Å². The number of carbonyl (C=O) groups excluding carboxylic acids is 2. The van der Waals surface area contributed by atoms with Crippen LogP contribution in [0.2, 0.25) is 0 Å². The molecular weight excluding hydrogens is 566 g/mol. The van der Waals surface area contributed by atoms with E-state index in [1.807, 2.05) is 36.5 Å². The maximum atomic E-state index is 14.4. The van der Waals surface area contributed by atoms with Gasteiger partial charge in [0.25, 0.3) is 0 Å². The molecule has 8 nitrogen and oxygen atoms in total. The number of aromatic amines is 1. The molecule has 1 heterocycles. The summed E-state index contributed by atoms with van der Waals surface area (Å²) in [5, 5.41) is 4.41. The zero-order valence-electron chi connectivity index (χ0n) is 26.9. The molecule has 0 bridgehead atoms. The van der Waals surface area contributed by atoms with E-state index < -0.39 is 6.04 Å². The number of amides is 2. The molecule has 1 aliphatic carbocycles. The molecule has 1 aliphatic rings. The van der Waals surface area contributed by atoms with E-state index in [0.717, 1.165) is 53.3 Å². The molecule has 45 heavy (non-hydrogen) atoms. The van der Waals surface area contributed by atoms with Crippen molar-refractivity contribution in [3.63, 3.8) is 0 Å². The molecule has 2 amide bonds. The van der Waals surface area contributed by atoms with E-state index in [4.69, 9.17) is 14.2 Å². The molecule has 2 N–H and O–H groups in total. The van der Waals surface area contributed by atoms with Crippen molar-refractivity contribution in [1.29, 1.82) is 0 Å². The number of nitrogens with zero attached hydrogens (tertiary/aromatic N) is 1. The number of hydrogen-bond acceptors (Lipinski definition) is 5. The van der Waals surface area contributed by atoms with Gasteiger partial charge in [0, 0.05) is 36.1 Å². The number of aryl methyl sites for hydroxylation is 2. The maximum Gasteiger partial charge on any atom is 0.247 e. The second kappa shape index (κ2) is 15.0. The summed E-state index contributed by atoms with van der Waals surface area (Å²) in [5.41, 5.74) is 5.03. The molecule has 0 unspecified atom stereocenters. The van der Waals surface area contributed by atoms with Gasteiger partial charge in [0.2, 0.25) is 17.6 Å². The SMILES string of the molecule is COc1cc([C@H](C(=O)NC2CCCCC2)N(CCc2ccccc2C)C(=O)CCc2c[nH]c3ccccc23)cc(OC)c1OC. The Labute approximate surface area is 266 Å². The predicted octanol–water partition coefficient (Wildman–Crippen LogP) is 6.70. The smallest absolute Gasteiger partial charge is 0.247 e. The van der Waals surface area contributed by atoms with Gasteiger partial charge in [-0.25, -0.2) is 0 Å². The monoisotopic (exact) mass is 611 g/mol. The van der Waals surface area contributed by atoms with Crippen molar-refractivity contribution >= 4 is 22.7 Å². The van der Waals surface area contributed by atoms with Crippen molar-refractivity contribution in [3.05, 3.63) is 89.1 Å². The molecule has 1 atom stereocenters. The van der Waals surface area contributed by atoms with Gasteiger partial charge in [-0.1, -0.05) is 61.7 Å². The lowest BCUT2D eigenvalue weighted by molar-refractivity contribution is -0.141. The third-order valence-electron chi connectivity index (χ3n) is 9.00. The second-order valence-corrected chi connectivity index (χ2v) is 11.8. The molecule has 0 saturated heterocycles. The zero-order chi connectivity index (χ0) is 31.8. The number of para-hydroxylation sites is 1. The average molecular weight is 612 g/mol. The molecule has 1 aromatic heterocycles. The molecule has 0 radical (unpaired) electrons. The van der Waals surface area contributed by atoms with E-state index >= 15 is 0 Å². The van der Waals surface area contributed by atoms with Crippen LogP contribution >= 0.6 is 0 Å². The fourth-order valence-electron chi connectivity index (χ4n) is 6.51. The molecule has 0 spiro atoms. The predicted molar refractivity (Wildman–Crippen MR) is 177 cm³/mol. The van der Waals surface area contributed by atoms with Gasteiger partial charge in [-0.3, -0.25) is 9.59 Å². The number of benzene rings is 3. The van der Waals surface area contributed by atoms with Crippen molar-refractivity contribution in [2.24, 2.45) is 0 Å². The number of fused-ring (bicyclic) bond motifs is 1. The number of carbonyl (C=O) groups is 2. The number of rotatable bonds is 13. The largest absolute Gasteiger partial charge is 0.493 e. The summed E-state index contributed by atoms with van der Waals surface area (Å²) in [6, 6.07) is 19.1. The molecule has 1 fully saturated rings. The summed E-state index contributed by atoms with van der Waals surface area (Å²) in [6.45, 7) is 2.45. The lowest BCUT2D eigenvalue weighted by atomic mass is 9.94. The standard InChI is InChI=1S/C37H45N3O5/c1-25-12-8-9-13-26(25)20-21-40(34(41)19-18-27-24-38-31-17-11-10-16-30(27)31)35(37(42)39-29-14-6-5-7-15-29)28-22-32(43-2)36(45-4)33(23-28)44-3/h8-13,16-17,22-24,29,35,38H,5-7,14-15,18-21H2,1-4H3,(H,39,42)/t35-/m1/s1. The van der Waals surface area contributed by atoms with Gasteiger partial charge in [-0.15, -0.1) is 0 Å². The van der Waals surface area contributed by atoms with Crippen LogP contribution in [-0.2, 0) is 22.4 Å². The first-order valence-electron chi connectivity index (χ1n) is 15.9. The minimum atomic E-state index is -0.889. The summed E-state index contributed by atoms with van der Waals surface area (Å²) < 4.78 is 16.9. The minimum Gasteiger partial charge on any atom is -0.493 e. The van der Waals surface area contributed by atoms with Crippen LogP contribution in [0.15, 0.2) is 66.9 Å². The molecule has 3 aromatic carbocycles. The Morgan fingerprint density at radius 1 is 0.889 bits per heavy atom. The second-order valence-electron chi connectivity index (χ2n) is 11.8. The van der Waals surface area contributed by atoms with Gasteiger partial charge in [0.1, 0.15) is 6.04 Å². The van der Waals surface area contributed by atoms with E-state index in [1.165, 1.54) is 6.42 Å². The van der Waals surface area contributed by atoms with E-state index in [1.54, 1.807) is 38.4 Å². The Kier molecular flexibility index (Phi) is 10.7. The van der Waals surface area contributed by atoms with Crippen LogP contribution < -0.4 is 19.5 Å². The van der Waals surface area contributed by atoms with Crippen molar-refractivity contribution in [1.82, 2.24) is 15.2 Å². The van der Waals surface area contributed by atoms with Crippen molar-refractivity contribution in [2.45, 2.75) is 70.4 Å². The quantitative estimate of drug-likeness (QED) is 0.176. The molecule has 5 rings (SSSR count). The Bertz CT molecular complexity index is 1580. The first-order chi connectivity index (χ1) is 21.9. The maximum absolute atomic E-state index is 14.4. The fraction of sp³-hybridized carbons (Fsp3) is 0.405. The molecule has 1 saturated carbocycles. The van der Waals surface area contributed by atoms with Gasteiger partial charge in [0.15, 0.2) is 11.5 Å². The normalized spacial score (nSPS) is 14.1. The topological polar surface area (TPSA) is 92.9 Å². The van der Waals surface area contributed by atoms with Crippen molar-refractivity contribution in [2.75, 3.05) is 27.9 Å². The van der Waals surface area contributed by atoms with Gasteiger partial charge < -0.3 is 29.4 Å². The Morgan fingerprint density at radius 3 is 2.27 bits per heavy atom. The highest BCUT2D eigenvalue weighted by Crippen LogP contribution is 2.41. The van der Waals surface area contributed by atoms with Gasteiger partial charge in [-0.05, 0) is 73.1 Å². The van der Waals surface area contributed by atoms with Crippen LogP contribution in [0.1, 0.15) is 66.8 Å². The van der Waals surface area contributed by atoms with Crippen LogP contribution in [0.5, 0.6) is 17.2 Å². The van der Waals surface area contributed by atoms with E-state index in [2.05, 4.69) is 35.4 Å². The Morgan fingerprint density at radius 2 is 1.58 bits per heavy atom. The van der Waals surface area contributed by atoms with E-state index in [9.17, 15) is 9.59 Å². The summed E-state index contributed by atoms with van der Waals surface area (Å²) >= 11 is 0. The third-order valence-corrected chi connectivity index (χ3v) is 9.00. The summed E-state index contributed by atoms with van der Waals surface area (Å²) in [5.74, 6) is 1.03. The number of hydrogen-bond donors (Lipinski definition) is 2. The van der Waals surface area contributed by atoms with Crippen LogP contribution in [0.25, 0.3) is 10.9 Å². The highest BCUT2D eigenvalue weighted by molar-refractivity contribution is 5.90. The van der Waals surface area contributed by atoms with Gasteiger partial charge in [0.05, 0.1) is 21.3 Å². The summed E-state index contributed by atoms with van der Waals surface area (Å²) in [4.78, 5) is 33.8. The molecule has 238 valence electrons. The molecule has 0 aliphatic heterocycles. The average Bonchev–Trinajstić information content (AvgIpc) is 3.49. The number of nitrogens with one attached hydrogen (secondary N) is 2. The lowest BCUT2D eigenvalue weighted by Crippen LogP contribution is -2.47. The van der Waals surface area contributed by atoms with Gasteiger partial charge >= 0.3 is 0 Å². The number of H-pyrrole nitrogens is 1.